The molecule has 0 aromatic heterocycles. The Balaban J connectivity index is 3.71. The van der Waals surface area contributed by atoms with Crippen LogP contribution in [0.2, 0.25) is 0 Å². The molecule has 0 aromatic rings. The molecule has 0 amide bonds. The Morgan fingerprint density at radius 3 is 2.44 bits per heavy atom. The monoisotopic (exact) mass is 130 g/mol. The first kappa shape index (κ1) is 8.07. The fraction of sp³-hybridized carbons (Fsp3) is 0.800. The summed E-state index contributed by atoms with van der Waals surface area (Å²) in [5.74, 6) is 0. The molecule has 0 aliphatic carbocycles. The molecule has 4 nitrogen and oxygen atoms in total. The molecule has 0 spiro atoms. The Kier molecular flexibility index (Phi) is 3.59. The van der Waals surface area contributed by atoms with Crippen LogP contribution in [0.4, 0.5) is 0 Å². The predicted molar refractivity (Wildman–Crippen MR) is 35.5 cm³/mol. The van der Waals surface area contributed by atoms with Gasteiger partial charge in [-0.3, -0.25) is 15.1 Å². The third-order valence-corrected chi connectivity index (χ3v) is 1.04. The van der Waals surface area contributed by atoms with Gasteiger partial charge in [0.25, 0.3) is 0 Å². The summed E-state index contributed by atoms with van der Waals surface area (Å²) < 4.78 is 0. The minimum atomic E-state index is -0.369. The van der Waals surface area contributed by atoms with E-state index >= 15 is 0 Å². The summed E-state index contributed by atoms with van der Waals surface area (Å²) in [7, 11) is 1.57. The summed E-state index contributed by atoms with van der Waals surface area (Å²) in [5, 5.41) is 9.85. The van der Waals surface area contributed by atoms with E-state index in [1.54, 1.807) is 7.05 Å². The highest BCUT2D eigenvalue weighted by atomic mass is 16.6. The molecule has 0 atom stereocenters. The summed E-state index contributed by atoms with van der Waals surface area (Å²) >= 11 is 0. The van der Waals surface area contributed by atoms with Gasteiger partial charge in [-0.15, -0.1) is 0 Å². The van der Waals surface area contributed by atoms with Crippen molar-refractivity contribution >= 4 is 5.71 Å². The predicted octanol–water partition coefficient (Wildman–Crippen LogP) is 0.744. The first-order valence-electron chi connectivity index (χ1n) is 2.77. The topological polar surface area (TPSA) is 55.5 Å². The second-order valence-corrected chi connectivity index (χ2v) is 1.63. The highest BCUT2D eigenvalue weighted by Crippen LogP contribution is 1.84. The lowest BCUT2D eigenvalue weighted by Gasteiger charge is -1.92. The summed E-state index contributed by atoms with van der Waals surface area (Å²) in [6.45, 7) is 1.73. The smallest absolute Gasteiger partial charge is 0.241 e. The highest BCUT2D eigenvalue weighted by Gasteiger charge is 2.01. The minimum absolute atomic E-state index is 0.118. The molecule has 0 saturated heterocycles. The van der Waals surface area contributed by atoms with E-state index in [0.717, 1.165) is 0 Å². The molecule has 0 aliphatic rings. The second kappa shape index (κ2) is 4.00. The maximum absolute atomic E-state index is 9.85. The van der Waals surface area contributed by atoms with Gasteiger partial charge in [-0.2, -0.15) is 0 Å². The van der Waals surface area contributed by atoms with Gasteiger partial charge in [0.15, 0.2) is 0 Å². The normalized spacial score (nSPS) is 11.6. The molecule has 0 aromatic carbocycles. The molecular weight excluding hydrogens is 120 g/mol. The van der Waals surface area contributed by atoms with Gasteiger partial charge in [-0.1, -0.05) is 6.92 Å². The molecule has 0 saturated carbocycles. The van der Waals surface area contributed by atoms with E-state index in [-0.39, 0.29) is 11.5 Å². The van der Waals surface area contributed by atoms with Crippen molar-refractivity contribution in [2.24, 2.45) is 4.99 Å². The molecule has 0 N–H and O–H groups in total. The van der Waals surface area contributed by atoms with Gasteiger partial charge in [0.1, 0.15) is 0 Å². The summed E-state index contributed by atoms with van der Waals surface area (Å²) in [4.78, 5) is 13.2. The highest BCUT2D eigenvalue weighted by molar-refractivity contribution is 5.84. The van der Waals surface area contributed by atoms with Crippen LogP contribution in [0.15, 0.2) is 4.99 Å². The second-order valence-electron chi connectivity index (χ2n) is 1.63. The Bertz CT molecular complexity index is 131. The van der Waals surface area contributed by atoms with Gasteiger partial charge in [-0.05, 0) is 6.42 Å². The van der Waals surface area contributed by atoms with Gasteiger partial charge >= 0.3 is 0 Å². The third kappa shape index (κ3) is 3.64. The maximum atomic E-state index is 9.85. The standard InChI is InChI=1S/C5H10N2O2/c1-3-5(6-2)4-7(8)9/h3-4H2,1-2H3. The van der Waals surface area contributed by atoms with Crippen molar-refractivity contribution in [3.63, 3.8) is 0 Å². The molecule has 52 valence electrons. The average Bonchev–Trinajstić information content (AvgIpc) is 1.82. The van der Waals surface area contributed by atoms with Crippen molar-refractivity contribution in [3.05, 3.63) is 10.1 Å². The van der Waals surface area contributed by atoms with Crippen LogP contribution < -0.4 is 0 Å². The van der Waals surface area contributed by atoms with Crippen molar-refractivity contribution in [1.29, 1.82) is 0 Å². The zero-order valence-corrected chi connectivity index (χ0v) is 5.63. The Morgan fingerprint density at radius 2 is 2.33 bits per heavy atom. The van der Waals surface area contributed by atoms with E-state index in [1.807, 2.05) is 6.92 Å². The average molecular weight is 130 g/mol. The van der Waals surface area contributed by atoms with Crippen LogP contribution in [-0.4, -0.2) is 24.2 Å². The van der Waals surface area contributed by atoms with Crippen LogP contribution in [-0.2, 0) is 0 Å². The number of hydrogen-bond acceptors (Lipinski definition) is 3. The van der Waals surface area contributed by atoms with Gasteiger partial charge in [0, 0.05) is 12.0 Å². The van der Waals surface area contributed by atoms with Crippen LogP contribution in [0.25, 0.3) is 0 Å². The SMILES string of the molecule is CCC(C[N+](=O)[O-])=NC. The van der Waals surface area contributed by atoms with Crippen LogP contribution in [0, 0.1) is 10.1 Å². The lowest BCUT2D eigenvalue weighted by atomic mass is 10.3. The van der Waals surface area contributed by atoms with Crippen molar-refractivity contribution in [2.75, 3.05) is 13.6 Å². The summed E-state index contributed by atoms with van der Waals surface area (Å²) in [6.07, 6.45) is 0.664. The number of nitrogens with zero attached hydrogens (tertiary/aromatic N) is 2. The molecule has 0 fully saturated rings. The minimum Gasteiger partial charge on any atom is -0.291 e. The first-order chi connectivity index (χ1) is 4.20. The first-order valence-corrected chi connectivity index (χ1v) is 2.77. The molecule has 0 radical (unpaired) electrons. The van der Waals surface area contributed by atoms with E-state index in [9.17, 15) is 10.1 Å². The number of hydrogen-bond donors (Lipinski definition) is 0. The molecule has 4 heteroatoms. The zero-order chi connectivity index (χ0) is 7.28. The van der Waals surface area contributed by atoms with E-state index in [4.69, 9.17) is 0 Å². The van der Waals surface area contributed by atoms with Crippen molar-refractivity contribution in [3.8, 4) is 0 Å². The van der Waals surface area contributed by atoms with Crippen LogP contribution in [0.1, 0.15) is 13.3 Å². The molecule has 0 heterocycles. The Labute approximate surface area is 53.7 Å². The lowest BCUT2D eigenvalue weighted by Crippen LogP contribution is -2.12. The molecule has 0 bridgehead atoms. The van der Waals surface area contributed by atoms with E-state index in [0.29, 0.717) is 12.1 Å². The van der Waals surface area contributed by atoms with E-state index < -0.39 is 0 Å². The quantitative estimate of drug-likeness (QED) is 0.321. The van der Waals surface area contributed by atoms with Crippen molar-refractivity contribution < 1.29 is 4.92 Å². The summed E-state index contributed by atoms with van der Waals surface area (Å²) in [5.41, 5.74) is 0.639. The largest absolute Gasteiger partial charge is 0.291 e. The van der Waals surface area contributed by atoms with Crippen LogP contribution >= 0.6 is 0 Å². The van der Waals surface area contributed by atoms with Crippen molar-refractivity contribution in [2.45, 2.75) is 13.3 Å². The van der Waals surface area contributed by atoms with Crippen LogP contribution in [0.3, 0.4) is 0 Å². The zero-order valence-electron chi connectivity index (χ0n) is 5.63. The Hall–Kier alpha value is -0.930. The van der Waals surface area contributed by atoms with Gasteiger partial charge in [0.05, 0.1) is 5.71 Å². The van der Waals surface area contributed by atoms with Crippen LogP contribution in [0.5, 0.6) is 0 Å². The van der Waals surface area contributed by atoms with E-state index in [1.165, 1.54) is 0 Å². The summed E-state index contributed by atoms with van der Waals surface area (Å²) in [6, 6.07) is 0. The maximum Gasteiger partial charge on any atom is 0.241 e. The molecule has 0 unspecified atom stereocenters. The molecule has 0 aliphatic heterocycles. The molecule has 9 heavy (non-hydrogen) atoms. The lowest BCUT2D eigenvalue weighted by molar-refractivity contribution is -0.463. The van der Waals surface area contributed by atoms with Gasteiger partial charge in [0.2, 0.25) is 6.54 Å². The molecule has 0 rings (SSSR count). The van der Waals surface area contributed by atoms with Crippen molar-refractivity contribution in [1.82, 2.24) is 0 Å². The van der Waals surface area contributed by atoms with Gasteiger partial charge in [-0.25, -0.2) is 0 Å². The number of aliphatic imine (C=N–C) groups is 1. The number of rotatable bonds is 3. The molecular formula is C5H10N2O2. The van der Waals surface area contributed by atoms with E-state index in [2.05, 4.69) is 4.99 Å². The van der Waals surface area contributed by atoms with Gasteiger partial charge < -0.3 is 0 Å². The number of nitro groups is 1. The fourth-order valence-electron chi connectivity index (χ4n) is 0.490. The third-order valence-electron chi connectivity index (χ3n) is 1.04. The Morgan fingerprint density at radius 1 is 1.78 bits per heavy atom. The fourth-order valence-corrected chi connectivity index (χ4v) is 0.490.